The topological polar surface area (TPSA) is 64.2 Å². The number of hydrogen-bond acceptors (Lipinski definition) is 5. The van der Waals surface area contributed by atoms with E-state index in [9.17, 15) is 4.79 Å². The van der Waals surface area contributed by atoms with Gasteiger partial charge >= 0.3 is 0 Å². The highest BCUT2D eigenvalue weighted by Gasteiger charge is 2.25. The van der Waals surface area contributed by atoms with Crippen LogP contribution in [0.25, 0.3) is 0 Å². The summed E-state index contributed by atoms with van der Waals surface area (Å²) in [5.41, 5.74) is 3.30. The summed E-state index contributed by atoms with van der Waals surface area (Å²) in [6, 6.07) is 0. The minimum atomic E-state index is 0.0885. The van der Waals surface area contributed by atoms with Crippen LogP contribution in [0.3, 0.4) is 0 Å². The van der Waals surface area contributed by atoms with Crippen LogP contribution in [-0.4, -0.2) is 32.7 Å². The lowest BCUT2D eigenvalue weighted by molar-refractivity contribution is 0.162. The van der Waals surface area contributed by atoms with Crippen molar-refractivity contribution in [1.82, 2.24) is 19.6 Å². The second-order valence-electron chi connectivity index (χ2n) is 7.14. The first-order valence-electron chi connectivity index (χ1n) is 8.90. The number of piperidine rings is 1. The molecule has 0 unspecified atom stereocenters. The molecule has 0 radical (unpaired) electrons. The molecule has 6 nitrogen and oxygen atoms in total. The van der Waals surface area contributed by atoms with E-state index in [1.807, 2.05) is 6.92 Å². The molecule has 4 rings (SSSR count). The minimum absolute atomic E-state index is 0.0885. The van der Waals surface area contributed by atoms with Gasteiger partial charge in [-0.15, -0.1) is 0 Å². The van der Waals surface area contributed by atoms with Gasteiger partial charge in [0.1, 0.15) is 11.5 Å². The lowest BCUT2D eigenvalue weighted by atomic mass is 9.96. The van der Waals surface area contributed by atoms with Crippen LogP contribution >= 0.6 is 0 Å². The molecule has 0 saturated carbocycles. The van der Waals surface area contributed by atoms with E-state index < -0.39 is 0 Å². The third kappa shape index (κ3) is 3.02. The standard InChI is InChI=1S/C18H24N4O2/c1-13-9-19-12-22(18(13)23)10-14-5-7-21(8-6-14)11-16-15-3-2-4-17(15)24-20-16/h9,12,14H,2-8,10-11H2,1H3. The molecular formula is C18H24N4O2. The van der Waals surface area contributed by atoms with Crippen LogP contribution in [0, 0.1) is 12.8 Å². The van der Waals surface area contributed by atoms with Crippen molar-refractivity contribution in [3.63, 3.8) is 0 Å². The molecule has 0 aromatic carbocycles. The molecule has 3 heterocycles. The van der Waals surface area contributed by atoms with Crippen LogP contribution in [0.5, 0.6) is 0 Å². The van der Waals surface area contributed by atoms with Crippen LogP contribution in [0.2, 0.25) is 0 Å². The first kappa shape index (κ1) is 15.6. The van der Waals surface area contributed by atoms with E-state index in [1.165, 1.54) is 12.0 Å². The quantitative estimate of drug-likeness (QED) is 0.858. The Hall–Kier alpha value is -1.95. The number of rotatable bonds is 4. The number of likely N-dealkylation sites (tertiary alicyclic amines) is 1. The molecule has 0 bridgehead atoms. The van der Waals surface area contributed by atoms with Crippen LogP contribution in [0.1, 0.15) is 41.8 Å². The zero-order valence-electron chi connectivity index (χ0n) is 14.2. The van der Waals surface area contributed by atoms with Crippen LogP contribution in [0.15, 0.2) is 21.8 Å². The second-order valence-corrected chi connectivity index (χ2v) is 7.14. The van der Waals surface area contributed by atoms with Gasteiger partial charge in [0.25, 0.3) is 5.56 Å². The van der Waals surface area contributed by atoms with Gasteiger partial charge in [-0.05, 0) is 51.6 Å². The van der Waals surface area contributed by atoms with Crippen molar-refractivity contribution < 1.29 is 4.52 Å². The van der Waals surface area contributed by atoms with E-state index in [-0.39, 0.29) is 5.56 Å². The van der Waals surface area contributed by atoms with Gasteiger partial charge in [-0.1, -0.05) is 5.16 Å². The lowest BCUT2D eigenvalue weighted by Crippen LogP contribution is -2.36. The van der Waals surface area contributed by atoms with E-state index in [4.69, 9.17) is 4.52 Å². The maximum atomic E-state index is 12.1. The minimum Gasteiger partial charge on any atom is -0.361 e. The highest BCUT2D eigenvalue weighted by molar-refractivity contribution is 5.27. The van der Waals surface area contributed by atoms with Crippen molar-refractivity contribution in [3.8, 4) is 0 Å². The second kappa shape index (κ2) is 6.51. The van der Waals surface area contributed by atoms with Crippen molar-refractivity contribution in [2.45, 2.75) is 52.1 Å². The van der Waals surface area contributed by atoms with Gasteiger partial charge in [-0.25, -0.2) is 4.98 Å². The summed E-state index contributed by atoms with van der Waals surface area (Å²) in [5.74, 6) is 1.65. The van der Waals surface area contributed by atoms with Gasteiger partial charge in [0, 0.05) is 36.8 Å². The molecule has 6 heteroatoms. The molecule has 1 saturated heterocycles. The predicted molar refractivity (Wildman–Crippen MR) is 89.8 cm³/mol. The summed E-state index contributed by atoms with van der Waals surface area (Å²) in [4.78, 5) is 18.7. The highest BCUT2D eigenvalue weighted by atomic mass is 16.5. The van der Waals surface area contributed by atoms with Crippen LogP contribution in [0.4, 0.5) is 0 Å². The molecule has 0 spiro atoms. The van der Waals surface area contributed by atoms with Crippen molar-refractivity contribution in [3.05, 3.63) is 45.5 Å². The van der Waals surface area contributed by atoms with E-state index in [2.05, 4.69) is 15.0 Å². The van der Waals surface area contributed by atoms with Gasteiger partial charge in [0.15, 0.2) is 0 Å². The van der Waals surface area contributed by atoms with Crippen molar-refractivity contribution in [1.29, 1.82) is 0 Å². The monoisotopic (exact) mass is 328 g/mol. The number of aryl methyl sites for hydroxylation is 2. The summed E-state index contributed by atoms with van der Waals surface area (Å²) < 4.78 is 7.22. The van der Waals surface area contributed by atoms with Crippen molar-refractivity contribution in [2.24, 2.45) is 5.92 Å². The Bertz CT molecular complexity index is 772. The molecule has 0 atom stereocenters. The fourth-order valence-corrected chi connectivity index (χ4v) is 3.92. The fraction of sp³-hybridized carbons (Fsp3) is 0.611. The van der Waals surface area contributed by atoms with Crippen molar-refractivity contribution in [2.75, 3.05) is 13.1 Å². The molecule has 128 valence electrons. The van der Waals surface area contributed by atoms with E-state index in [1.54, 1.807) is 17.1 Å². The molecule has 1 aliphatic heterocycles. The third-order valence-electron chi connectivity index (χ3n) is 5.39. The largest absolute Gasteiger partial charge is 0.361 e. The van der Waals surface area contributed by atoms with Crippen molar-refractivity contribution >= 4 is 0 Å². The van der Waals surface area contributed by atoms with Crippen LogP contribution < -0.4 is 5.56 Å². The Balaban J connectivity index is 1.33. The Morgan fingerprint density at radius 1 is 1.29 bits per heavy atom. The Morgan fingerprint density at radius 3 is 2.96 bits per heavy atom. The summed E-state index contributed by atoms with van der Waals surface area (Å²) in [5, 5.41) is 4.27. The summed E-state index contributed by atoms with van der Waals surface area (Å²) in [7, 11) is 0. The predicted octanol–water partition coefficient (Wildman–Crippen LogP) is 1.94. The molecule has 1 aliphatic carbocycles. The van der Waals surface area contributed by atoms with Gasteiger partial charge in [-0.3, -0.25) is 14.3 Å². The average Bonchev–Trinajstić information content (AvgIpc) is 3.19. The smallest absolute Gasteiger partial charge is 0.256 e. The molecule has 0 N–H and O–H groups in total. The first-order valence-corrected chi connectivity index (χ1v) is 8.90. The molecule has 2 aromatic heterocycles. The van der Waals surface area contributed by atoms with Gasteiger partial charge in [-0.2, -0.15) is 0 Å². The number of nitrogens with zero attached hydrogens (tertiary/aromatic N) is 4. The lowest BCUT2D eigenvalue weighted by Gasteiger charge is -2.31. The number of aromatic nitrogens is 3. The molecule has 24 heavy (non-hydrogen) atoms. The number of hydrogen-bond donors (Lipinski definition) is 0. The zero-order chi connectivity index (χ0) is 16.5. The van der Waals surface area contributed by atoms with Crippen LogP contribution in [-0.2, 0) is 25.9 Å². The summed E-state index contributed by atoms with van der Waals surface area (Å²) >= 11 is 0. The average molecular weight is 328 g/mol. The molecule has 1 fully saturated rings. The third-order valence-corrected chi connectivity index (χ3v) is 5.39. The SMILES string of the molecule is Cc1cncn(CC2CCN(Cc3noc4c3CCC4)CC2)c1=O. The Morgan fingerprint density at radius 2 is 2.12 bits per heavy atom. The highest BCUT2D eigenvalue weighted by Crippen LogP contribution is 2.27. The normalized spacial score (nSPS) is 18.9. The maximum Gasteiger partial charge on any atom is 0.256 e. The Kier molecular flexibility index (Phi) is 4.22. The van der Waals surface area contributed by atoms with Gasteiger partial charge in [0.05, 0.1) is 6.33 Å². The first-order chi connectivity index (χ1) is 11.7. The molecular weight excluding hydrogens is 304 g/mol. The van der Waals surface area contributed by atoms with E-state index in [0.29, 0.717) is 5.92 Å². The fourth-order valence-electron chi connectivity index (χ4n) is 3.92. The maximum absolute atomic E-state index is 12.1. The number of fused-ring (bicyclic) bond motifs is 1. The molecule has 2 aliphatic rings. The molecule has 2 aromatic rings. The van der Waals surface area contributed by atoms with Gasteiger partial charge in [0.2, 0.25) is 0 Å². The van der Waals surface area contributed by atoms with E-state index in [0.717, 1.165) is 68.9 Å². The van der Waals surface area contributed by atoms with Gasteiger partial charge < -0.3 is 4.52 Å². The van der Waals surface area contributed by atoms with E-state index >= 15 is 0 Å². The zero-order valence-corrected chi connectivity index (χ0v) is 14.2. The Labute approximate surface area is 141 Å². The summed E-state index contributed by atoms with van der Waals surface area (Å²) in [6.07, 6.45) is 8.89. The molecule has 0 amide bonds. The summed E-state index contributed by atoms with van der Waals surface area (Å²) in [6.45, 7) is 5.61.